The molecule has 7 nitrogen and oxygen atoms in total. The molecule has 0 fully saturated rings. The van der Waals surface area contributed by atoms with E-state index in [4.69, 9.17) is 21.7 Å². The number of anilines is 1. The molecule has 23 heavy (non-hydrogen) atoms. The number of rotatable bonds is 6. The quantitative estimate of drug-likeness (QED) is 0.584. The molecule has 0 radical (unpaired) electrons. The average Bonchev–Trinajstić information content (AvgIpc) is 2.81. The lowest BCUT2D eigenvalue weighted by atomic mass is 10.1. The van der Waals surface area contributed by atoms with E-state index in [2.05, 4.69) is 10.6 Å². The minimum Gasteiger partial charge on any atom is -0.465 e. The first-order valence-electron chi connectivity index (χ1n) is 6.81. The minimum atomic E-state index is -0.535. The fourth-order valence-electron chi connectivity index (χ4n) is 1.78. The SMILES string of the molecule is COC(=O)c1sc(NC(=S)NCCN(C)C)c(C(=O)OC)c1C. The molecular weight excluding hydrogens is 338 g/mol. The monoisotopic (exact) mass is 359 g/mol. The molecule has 0 saturated carbocycles. The Labute approximate surface area is 144 Å². The van der Waals surface area contributed by atoms with Crippen molar-refractivity contribution in [2.24, 2.45) is 0 Å². The number of ether oxygens (including phenoxy) is 2. The van der Waals surface area contributed by atoms with Crippen molar-refractivity contribution in [1.82, 2.24) is 10.2 Å². The summed E-state index contributed by atoms with van der Waals surface area (Å²) in [5.74, 6) is -1.04. The summed E-state index contributed by atoms with van der Waals surface area (Å²) in [7, 11) is 6.49. The summed E-state index contributed by atoms with van der Waals surface area (Å²) >= 11 is 6.32. The van der Waals surface area contributed by atoms with Crippen LogP contribution in [0.2, 0.25) is 0 Å². The number of nitrogens with one attached hydrogen (secondary N) is 2. The molecule has 1 heterocycles. The molecule has 0 atom stereocenters. The van der Waals surface area contributed by atoms with Crippen molar-refractivity contribution >= 4 is 45.6 Å². The van der Waals surface area contributed by atoms with E-state index < -0.39 is 11.9 Å². The van der Waals surface area contributed by atoms with Crippen molar-refractivity contribution in [3.63, 3.8) is 0 Å². The van der Waals surface area contributed by atoms with Gasteiger partial charge in [-0.15, -0.1) is 11.3 Å². The van der Waals surface area contributed by atoms with Gasteiger partial charge in [-0.3, -0.25) is 0 Å². The summed E-state index contributed by atoms with van der Waals surface area (Å²) in [5.41, 5.74) is 0.793. The van der Waals surface area contributed by atoms with Crippen molar-refractivity contribution in [1.29, 1.82) is 0 Å². The Morgan fingerprint density at radius 3 is 2.35 bits per heavy atom. The Kier molecular flexibility index (Phi) is 7.40. The third kappa shape index (κ3) is 5.15. The van der Waals surface area contributed by atoms with E-state index in [1.807, 2.05) is 19.0 Å². The highest BCUT2D eigenvalue weighted by Gasteiger charge is 2.26. The van der Waals surface area contributed by atoms with Crippen LogP contribution in [-0.2, 0) is 9.47 Å². The molecule has 128 valence electrons. The maximum absolute atomic E-state index is 12.0. The summed E-state index contributed by atoms with van der Waals surface area (Å²) in [6.45, 7) is 3.13. The maximum atomic E-state index is 12.0. The van der Waals surface area contributed by atoms with E-state index in [0.29, 0.717) is 27.1 Å². The molecule has 1 aromatic heterocycles. The van der Waals surface area contributed by atoms with Gasteiger partial charge in [-0.25, -0.2) is 9.59 Å². The van der Waals surface area contributed by atoms with E-state index in [1.54, 1.807) is 6.92 Å². The Morgan fingerprint density at radius 2 is 1.83 bits per heavy atom. The van der Waals surface area contributed by atoms with Crippen molar-refractivity contribution in [2.45, 2.75) is 6.92 Å². The van der Waals surface area contributed by atoms with Crippen LogP contribution >= 0.6 is 23.6 Å². The van der Waals surface area contributed by atoms with Gasteiger partial charge in [0.15, 0.2) is 5.11 Å². The highest BCUT2D eigenvalue weighted by Crippen LogP contribution is 2.34. The largest absolute Gasteiger partial charge is 0.465 e. The summed E-state index contributed by atoms with van der Waals surface area (Å²) < 4.78 is 9.52. The van der Waals surface area contributed by atoms with Crippen LogP contribution in [0, 0.1) is 6.92 Å². The molecule has 0 aliphatic carbocycles. The molecule has 9 heteroatoms. The number of likely N-dealkylation sites (N-methyl/N-ethyl adjacent to an activating group) is 1. The molecule has 0 spiro atoms. The van der Waals surface area contributed by atoms with E-state index in [1.165, 1.54) is 14.2 Å². The van der Waals surface area contributed by atoms with Crippen molar-refractivity contribution < 1.29 is 19.1 Å². The summed E-state index contributed by atoms with van der Waals surface area (Å²) in [5, 5.41) is 6.81. The van der Waals surface area contributed by atoms with Crippen LogP contribution in [0.15, 0.2) is 0 Å². The molecule has 1 aromatic rings. The maximum Gasteiger partial charge on any atom is 0.348 e. The second kappa shape index (κ2) is 8.80. The zero-order valence-electron chi connectivity index (χ0n) is 13.8. The Morgan fingerprint density at radius 1 is 1.22 bits per heavy atom. The van der Waals surface area contributed by atoms with Crippen LogP contribution in [0.25, 0.3) is 0 Å². The number of hydrogen-bond acceptors (Lipinski definition) is 7. The third-order valence-electron chi connectivity index (χ3n) is 2.98. The van der Waals surface area contributed by atoms with E-state index in [-0.39, 0.29) is 5.56 Å². The van der Waals surface area contributed by atoms with Crippen LogP contribution in [0.3, 0.4) is 0 Å². The summed E-state index contributed by atoms with van der Waals surface area (Å²) in [6.07, 6.45) is 0. The first-order chi connectivity index (χ1) is 10.8. The van der Waals surface area contributed by atoms with E-state index >= 15 is 0 Å². The normalized spacial score (nSPS) is 10.3. The molecule has 2 N–H and O–H groups in total. The predicted octanol–water partition coefficient (Wildman–Crippen LogP) is 1.48. The predicted molar refractivity (Wildman–Crippen MR) is 94.5 cm³/mol. The lowest BCUT2D eigenvalue weighted by Crippen LogP contribution is -2.34. The van der Waals surface area contributed by atoms with Gasteiger partial charge < -0.3 is 25.0 Å². The van der Waals surface area contributed by atoms with Crippen molar-refractivity contribution in [3.8, 4) is 0 Å². The van der Waals surface area contributed by atoms with Gasteiger partial charge >= 0.3 is 11.9 Å². The van der Waals surface area contributed by atoms with Gasteiger partial charge in [-0.1, -0.05) is 0 Å². The average molecular weight is 359 g/mol. The number of thiocarbonyl (C=S) groups is 1. The molecule has 0 aliphatic heterocycles. The number of carbonyl (C=O) groups excluding carboxylic acids is 2. The van der Waals surface area contributed by atoms with Gasteiger partial charge in [0, 0.05) is 13.1 Å². The Balaban J connectivity index is 2.98. The van der Waals surface area contributed by atoms with Gasteiger partial charge in [-0.05, 0) is 38.8 Å². The fraction of sp³-hybridized carbons (Fsp3) is 0.500. The van der Waals surface area contributed by atoms with Crippen LogP contribution < -0.4 is 10.6 Å². The zero-order valence-corrected chi connectivity index (χ0v) is 15.4. The van der Waals surface area contributed by atoms with Gasteiger partial charge in [0.25, 0.3) is 0 Å². The molecule has 0 bridgehead atoms. The van der Waals surface area contributed by atoms with Crippen molar-refractivity contribution in [2.75, 3.05) is 46.7 Å². The first kappa shape index (κ1) is 19.3. The van der Waals surface area contributed by atoms with Gasteiger partial charge in [0.1, 0.15) is 9.88 Å². The van der Waals surface area contributed by atoms with Crippen LogP contribution in [-0.4, -0.2) is 63.4 Å². The molecule has 0 saturated heterocycles. The topological polar surface area (TPSA) is 79.9 Å². The lowest BCUT2D eigenvalue weighted by molar-refractivity contribution is 0.0601. The number of esters is 2. The Bertz CT molecular complexity index is 599. The highest BCUT2D eigenvalue weighted by molar-refractivity contribution is 7.80. The molecule has 0 aromatic carbocycles. The fourth-order valence-corrected chi connectivity index (χ4v) is 3.16. The first-order valence-corrected chi connectivity index (χ1v) is 8.03. The van der Waals surface area contributed by atoms with Gasteiger partial charge in [-0.2, -0.15) is 0 Å². The second-order valence-corrected chi connectivity index (χ2v) is 6.36. The lowest BCUT2D eigenvalue weighted by Gasteiger charge is -2.13. The number of thiophene rings is 1. The van der Waals surface area contributed by atoms with E-state index in [0.717, 1.165) is 17.9 Å². The van der Waals surface area contributed by atoms with Crippen molar-refractivity contribution in [3.05, 3.63) is 16.0 Å². The molecule has 0 aliphatic rings. The molecule has 0 unspecified atom stereocenters. The number of methoxy groups -OCH3 is 2. The van der Waals surface area contributed by atoms with Crippen LogP contribution in [0.1, 0.15) is 25.6 Å². The number of nitrogens with zero attached hydrogens (tertiary/aromatic N) is 1. The molecular formula is C14H21N3O4S2. The third-order valence-corrected chi connectivity index (χ3v) is 4.41. The molecule has 1 rings (SSSR count). The van der Waals surface area contributed by atoms with E-state index in [9.17, 15) is 9.59 Å². The smallest absolute Gasteiger partial charge is 0.348 e. The number of carbonyl (C=O) groups is 2. The zero-order chi connectivity index (χ0) is 17.6. The Hall–Kier alpha value is -1.71. The second-order valence-electron chi connectivity index (χ2n) is 4.93. The summed E-state index contributed by atoms with van der Waals surface area (Å²) in [6, 6.07) is 0. The number of hydrogen-bond donors (Lipinski definition) is 2. The van der Waals surface area contributed by atoms with Crippen LogP contribution in [0.5, 0.6) is 0 Å². The van der Waals surface area contributed by atoms with Gasteiger partial charge in [0.2, 0.25) is 0 Å². The summed E-state index contributed by atoms with van der Waals surface area (Å²) in [4.78, 5) is 26.1. The van der Waals surface area contributed by atoms with Crippen LogP contribution in [0.4, 0.5) is 5.00 Å². The minimum absolute atomic E-state index is 0.287. The molecule has 0 amide bonds. The standard InChI is InChI=1S/C14H21N3O4S2/c1-8-9(12(18)20-4)11(23-10(8)13(19)21-5)16-14(22)15-6-7-17(2)3/h6-7H2,1-5H3,(H2,15,16,22). The highest BCUT2D eigenvalue weighted by atomic mass is 32.1. The van der Waals surface area contributed by atoms with Gasteiger partial charge in [0.05, 0.1) is 19.8 Å².